The summed E-state index contributed by atoms with van der Waals surface area (Å²) < 4.78 is 43.9. The Morgan fingerprint density at radius 1 is 1.06 bits per heavy atom. The maximum absolute atomic E-state index is 13.7. The molecule has 9 heteroatoms. The lowest BCUT2D eigenvalue weighted by molar-refractivity contribution is -0.137. The van der Waals surface area contributed by atoms with Crippen LogP contribution in [0.5, 0.6) is 5.88 Å². The molecule has 0 saturated carbocycles. The quantitative estimate of drug-likeness (QED) is 0.543. The maximum Gasteiger partial charge on any atom is 0.417 e. The molecule has 3 heterocycles. The fraction of sp³-hybridized carbons (Fsp3) is 0.240. The lowest BCUT2D eigenvalue weighted by Gasteiger charge is -2.26. The standard InChI is InChI=1S/C25H23F3N4O2/c26-25(27,28)18-11-12-21(31-15-18)34-16-19-9-6-14-32(19)24(33)22(20-10-4-5-13-30-20)23(29)17-7-2-1-3-8-17/h1-5,7-8,10-13,15,19H,6,9,14,16,29H2/t19-/m0/s1. The number of aromatic nitrogens is 2. The number of nitrogens with zero attached hydrogens (tertiary/aromatic N) is 3. The number of benzene rings is 1. The third kappa shape index (κ3) is 5.19. The van der Waals surface area contributed by atoms with Gasteiger partial charge in [-0.25, -0.2) is 4.98 Å². The SMILES string of the molecule is NC(=C(C(=O)N1CCC[C@H]1COc1ccc(C(F)(F)F)cn1)c1ccccn1)c1ccccc1. The van der Waals surface area contributed by atoms with Crippen molar-refractivity contribution >= 4 is 17.2 Å². The zero-order valence-corrected chi connectivity index (χ0v) is 18.2. The molecule has 0 aliphatic carbocycles. The number of pyridine rings is 2. The van der Waals surface area contributed by atoms with Crippen LogP contribution in [-0.2, 0) is 11.0 Å². The molecule has 2 aromatic heterocycles. The number of ether oxygens (including phenoxy) is 1. The molecule has 0 radical (unpaired) electrons. The number of rotatable bonds is 6. The normalized spacial score (nSPS) is 16.8. The van der Waals surface area contributed by atoms with Gasteiger partial charge in [0.1, 0.15) is 6.61 Å². The van der Waals surface area contributed by atoms with Crippen LogP contribution in [0.2, 0.25) is 0 Å². The first-order chi connectivity index (χ1) is 16.3. The largest absolute Gasteiger partial charge is 0.475 e. The second kappa shape index (κ2) is 9.94. The van der Waals surface area contributed by atoms with Crippen molar-refractivity contribution in [2.45, 2.75) is 25.1 Å². The Hall–Kier alpha value is -3.88. The van der Waals surface area contributed by atoms with Crippen molar-refractivity contribution in [3.05, 3.63) is 89.9 Å². The van der Waals surface area contributed by atoms with E-state index in [1.54, 1.807) is 29.3 Å². The van der Waals surface area contributed by atoms with Crippen molar-refractivity contribution < 1.29 is 22.7 Å². The molecule has 6 nitrogen and oxygen atoms in total. The van der Waals surface area contributed by atoms with Gasteiger partial charge in [-0.1, -0.05) is 36.4 Å². The lowest BCUT2D eigenvalue weighted by Crippen LogP contribution is -2.40. The van der Waals surface area contributed by atoms with E-state index in [1.807, 2.05) is 30.3 Å². The van der Waals surface area contributed by atoms with E-state index in [0.29, 0.717) is 35.5 Å². The summed E-state index contributed by atoms with van der Waals surface area (Å²) in [5, 5.41) is 0. The lowest BCUT2D eigenvalue weighted by atomic mass is 10.0. The third-order valence-corrected chi connectivity index (χ3v) is 5.61. The number of likely N-dealkylation sites (tertiary alicyclic amines) is 1. The molecule has 1 aliphatic rings. The Labute approximate surface area is 194 Å². The summed E-state index contributed by atoms with van der Waals surface area (Å²) in [5.74, 6) is -0.205. The number of carbonyl (C=O) groups excluding carboxylic acids is 1. The van der Waals surface area contributed by atoms with Gasteiger partial charge < -0.3 is 15.4 Å². The third-order valence-electron chi connectivity index (χ3n) is 5.61. The van der Waals surface area contributed by atoms with Gasteiger partial charge in [-0.3, -0.25) is 9.78 Å². The summed E-state index contributed by atoms with van der Waals surface area (Å²) in [6.07, 6.45) is -0.682. The predicted octanol–water partition coefficient (Wildman–Crippen LogP) is 4.39. The molecule has 4 rings (SSSR count). The average molecular weight is 468 g/mol. The average Bonchev–Trinajstić information content (AvgIpc) is 3.32. The van der Waals surface area contributed by atoms with Gasteiger partial charge in [-0.05, 0) is 36.6 Å². The molecule has 34 heavy (non-hydrogen) atoms. The summed E-state index contributed by atoms with van der Waals surface area (Å²) in [6.45, 7) is 0.608. The van der Waals surface area contributed by atoms with Gasteiger partial charge in [0.15, 0.2) is 0 Å². The molecule has 2 N–H and O–H groups in total. The van der Waals surface area contributed by atoms with E-state index in [4.69, 9.17) is 10.5 Å². The number of hydrogen-bond acceptors (Lipinski definition) is 5. The minimum absolute atomic E-state index is 0.0663. The van der Waals surface area contributed by atoms with Crippen LogP contribution in [0, 0.1) is 0 Å². The Balaban J connectivity index is 1.56. The van der Waals surface area contributed by atoms with Crippen LogP contribution in [-0.4, -0.2) is 40.0 Å². The highest BCUT2D eigenvalue weighted by Gasteiger charge is 2.34. The maximum atomic E-state index is 13.7. The topological polar surface area (TPSA) is 81.3 Å². The zero-order chi connectivity index (χ0) is 24.1. The molecule has 0 bridgehead atoms. The van der Waals surface area contributed by atoms with Crippen LogP contribution in [0.3, 0.4) is 0 Å². The molecule has 1 atom stereocenters. The van der Waals surface area contributed by atoms with Crippen molar-refractivity contribution in [3.8, 4) is 5.88 Å². The van der Waals surface area contributed by atoms with E-state index in [9.17, 15) is 18.0 Å². The Morgan fingerprint density at radius 2 is 1.82 bits per heavy atom. The highest BCUT2D eigenvalue weighted by atomic mass is 19.4. The smallest absolute Gasteiger partial charge is 0.417 e. The van der Waals surface area contributed by atoms with E-state index >= 15 is 0 Å². The van der Waals surface area contributed by atoms with Gasteiger partial charge in [0.05, 0.1) is 28.6 Å². The highest BCUT2D eigenvalue weighted by Crippen LogP contribution is 2.30. The van der Waals surface area contributed by atoms with Gasteiger partial charge in [0, 0.05) is 25.0 Å². The van der Waals surface area contributed by atoms with Crippen molar-refractivity contribution in [3.63, 3.8) is 0 Å². The fourth-order valence-electron chi connectivity index (χ4n) is 3.87. The van der Waals surface area contributed by atoms with Crippen molar-refractivity contribution in [2.75, 3.05) is 13.2 Å². The Morgan fingerprint density at radius 3 is 2.47 bits per heavy atom. The summed E-state index contributed by atoms with van der Waals surface area (Å²) in [6, 6.07) is 16.3. The second-order valence-corrected chi connectivity index (χ2v) is 7.86. The van der Waals surface area contributed by atoms with Crippen LogP contribution < -0.4 is 10.5 Å². The number of amides is 1. The Bertz CT molecular complexity index is 1150. The minimum atomic E-state index is -4.47. The van der Waals surface area contributed by atoms with Crippen molar-refractivity contribution in [1.29, 1.82) is 0 Å². The molecule has 0 spiro atoms. The monoisotopic (exact) mass is 468 g/mol. The van der Waals surface area contributed by atoms with Crippen LogP contribution in [0.4, 0.5) is 13.2 Å². The van der Waals surface area contributed by atoms with Gasteiger partial charge in [-0.2, -0.15) is 13.2 Å². The first-order valence-electron chi connectivity index (χ1n) is 10.8. The molecule has 1 aromatic carbocycles. The molecular formula is C25H23F3N4O2. The van der Waals surface area contributed by atoms with Gasteiger partial charge >= 0.3 is 6.18 Å². The molecular weight excluding hydrogens is 445 g/mol. The summed E-state index contributed by atoms with van der Waals surface area (Å²) in [7, 11) is 0. The van der Waals surface area contributed by atoms with Crippen LogP contribution in [0.1, 0.15) is 29.7 Å². The van der Waals surface area contributed by atoms with Gasteiger partial charge in [0.25, 0.3) is 5.91 Å². The number of alkyl halides is 3. The van der Waals surface area contributed by atoms with Crippen LogP contribution in [0.25, 0.3) is 11.3 Å². The first-order valence-corrected chi connectivity index (χ1v) is 10.8. The summed E-state index contributed by atoms with van der Waals surface area (Å²) in [4.78, 5) is 23.5. The number of carbonyl (C=O) groups is 1. The van der Waals surface area contributed by atoms with Crippen LogP contribution in [0.15, 0.2) is 73.1 Å². The van der Waals surface area contributed by atoms with Gasteiger partial charge in [0.2, 0.25) is 5.88 Å². The summed E-state index contributed by atoms with van der Waals surface area (Å²) >= 11 is 0. The fourth-order valence-corrected chi connectivity index (χ4v) is 3.87. The molecule has 176 valence electrons. The molecule has 1 aliphatic heterocycles. The molecule has 1 amide bonds. The molecule has 3 aromatic rings. The van der Waals surface area contributed by atoms with Crippen molar-refractivity contribution in [2.24, 2.45) is 5.73 Å². The van der Waals surface area contributed by atoms with E-state index in [-0.39, 0.29) is 24.4 Å². The number of nitrogens with two attached hydrogens (primary N) is 1. The summed E-state index contributed by atoms with van der Waals surface area (Å²) in [5.41, 5.74) is 7.40. The van der Waals surface area contributed by atoms with Crippen molar-refractivity contribution in [1.82, 2.24) is 14.9 Å². The van der Waals surface area contributed by atoms with E-state index in [0.717, 1.165) is 18.7 Å². The Kier molecular flexibility index (Phi) is 6.81. The predicted molar refractivity (Wildman–Crippen MR) is 121 cm³/mol. The van der Waals surface area contributed by atoms with E-state index in [1.165, 1.54) is 6.07 Å². The number of hydrogen-bond donors (Lipinski definition) is 1. The minimum Gasteiger partial charge on any atom is -0.475 e. The van der Waals surface area contributed by atoms with E-state index in [2.05, 4.69) is 9.97 Å². The van der Waals surface area contributed by atoms with Crippen LogP contribution >= 0.6 is 0 Å². The highest BCUT2D eigenvalue weighted by molar-refractivity contribution is 6.26. The molecule has 1 saturated heterocycles. The number of halogens is 3. The van der Waals surface area contributed by atoms with Gasteiger partial charge in [-0.15, -0.1) is 0 Å². The molecule has 1 fully saturated rings. The zero-order valence-electron chi connectivity index (χ0n) is 18.2. The first kappa shape index (κ1) is 23.3. The van der Waals surface area contributed by atoms with E-state index < -0.39 is 11.7 Å². The molecule has 0 unspecified atom stereocenters. The second-order valence-electron chi connectivity index (χ2n) is 7.86.